The largest absolute Gasteiger partial charge is 0.452 e. The second-order valence-electron chi connectivity index (χ2n) is 7.10. The lowest BCUT2D eigenvalue weighted by molar-refractivity contribution is -0.125. The number of esters is 1. The van der Waals surface area contributed by atoms with E-state index >= 15 is 0 Å². The van der Waals surface area contributed by atoms with Crippen LogP contribution in [0, 0.1) is 5.92 Å². The standard InChI is InChI=1S/C21H26N2O4/c1-13(2)15-7-9-16(10-8-15)19(14(3)4)23-18(24)12-27-21(26)17-6-5-11-22-20(17)25/h5-11,13-14,19H,12H2,1-4H3,(H,22,25)(H,23,24)/t19-/m0/s1. The average Bonchev–Trinajstić information content (AvgIpc) is 2.64. The number of carbonyl (C=O) groups excluding carboxylic acids is 2. The summed E-state index contributed by atoms with van der Waals surface area (Å²) in [5.41, 5.74) is 1.55. The van der Waals surface area contributed by atoms with E-state index in [4.69, 9.17) is 4.74 Å². The minimum absolute atomic E-state index is 0.130. The van der Waals surface area contributed by atoms with Crippen molar-refractivity contribution in [1.82, 2.24) is 10.3 Å². The molecule has 0 spiro atoms. The van der Waals surface area contributed by atoms with Gasteiger partial charge in [0.15, 0.2) is 6.61 Å². The number of amides is 1. The van der Waals surface area contributed by atoms with Crippen molar-refractivity contribution in [2.75, 3.05) is 6.61 Å². The predicted molar refractivity (Wildman–Crippen MR) is 104 cm³/mol. The first-order chi connectivity index (χ1) is 12.8. The highest BCUT2D eigenvalue weighted by atomic mass is 16.5. The molecule has 0 unspecified atom stereocenters. The Bertz CT molecular complexity index is 838. The van der Waals surface area contributed by atoms with Gasteiger partial charge in [0.25, 0.3) is 11.5 Å². The molecule has 0 fully saturated rings. The summed E-state index contributed by atoms with van der Waals surface area (Å²) in [6.45, 7) is 7.83. The molecule has 144 valence electrons. The highest BCUT2D eigenvalue weighted by Crippen LogP contribution is 2.24. The first-order valence-corrected chi connectivity index (χ1v) is 9.03. The van der Waals surface area contributed by atoms with Gasteiger partial charge in [0, 0.05) is 6.20 Å². The van der Waals surface area contributed by atoms with E-state index in [1.165, 1.54) is 23.9 Å². The van der Waals surface area contributed by atoms with Crippen molar-refractivity contribution in [3.63, 3.8) is 0 Å². The predicted octanol–water partition coefficient (Wildman–Crippen LogP) is 3.17. The van der Waals surface area contributed by atoms with E-state index in [-0.39, 0.29) is 17.5 Å². The van der Waals surface area contributed by atoms with Crippen molar-refractivity contribution in [3.8, 4) is 0 Å². The van der Waals surface area contributed by atoms with Crippen LogP contribution in [0.4, 0.5) is 0 Å². The number of ether oxygens (including phenoxy) is 1. The van der Waals surface area contributed by atoms with Gasteiger partial charge >= 0.3 is 5.97 Å². The molecule has 6 nitrogen and oxygen atoms in total. The number of nitrogens with one attached hydrogen (secondary N) is 2. The molecule has 0 bridgehead atoms. The number of aromatic nitrogens is 1. The zero-order valence-corrected chi connectivity index (χ0v) is 16.1. The minimum atomic E-state index is -0.825. The number of benzene rings is 1. The van der Waals surface area contributed by atoms with E-state index < -0.39 is 24.0 Å². The number of hydrogen-bond acceptors (Lipinski definition) is 4. The first-order valence-electron chi connectivity index (χ1n) is 9.03. The summed E-state index contributed by atoms with van der Waals surface area (Å²) in [7, 11) is 0. The molecule has 0 saturated carbocycles. The van der Waals surface area contributed by atoms with Crippen molar-refractivity contribution in [2.45, 2.75) is 39.7 Å². The van der Waals surface area contributed by atoms with Crippen LogP contribution in [0.25, 0.3) is 0 Å². The Balaban J connectivity index is 1.99. The van der Waals surface area contributed by atoms with Crippen molar-refractivity contribution in [2.24, 2.45) is 5.92 Å². The monoisotopic (exact) mass is 370 g/mol. The van der Waals surface area contributed by atoms with E-state index in [9.17, 15) is 14.4 Å². The molecule has 1 atom stereocenters. The van der Waals surface area contributed by atoms with Gasteiger partial charge in [0.1, 0.15) is 5.56 Å². The van der Waals surface area contributed by atoms with Crippen molar-refractivity contribution < 1.29 is 14.3 Å². The maximum absolute atomic E-state index is 12.3. The lowest BCUT2D eigenvalue weighted by Gasteiger charge is -2.23. The normalized spacial score (nSPS) is 12.1. The highest BCUT2D eigenvalue weighted by Gasteiger charge is 2.20. The summed E-state index contributed by atoms with van der Waals surface area (Å²) in [5, 5.41) is 2.90. The third-order valence-electron chi connectivity index (χ3n) is 4.32. The Morgan fingerprint density at radius 1 is 1.04 bits per heavy atom. The van der Waals surface area contributed by atoms with Crippen LogP contribution in [-0.4, -0.2) is 23.5 Å². The molecule has 0 saturated heterocycles. The molecule has 1 heterocycles. The van der Waals surface area contributed by atoms with Gasteiger partial charge in [0.05, 0.1) is 6.04 Å². The van der Waals surface area contributed by atoms with Gasteiger partial charge in [-0.2, -0.15) is 0 Å². The number of carbonyl (C=O) groups is 2. The topological polar surface area (TPSA) is 88.3 Å². The number of hydrogen-bond donors (Lipinski definition) is 2. The smallest absolute Gasteiger partial charge is 0.344 e. The maximum atomic E-state index is 12.3. The van der Waals surface area contributed by atoms with Crippen LogP contribution >= 0.6 is 0 Å². The summed E-state index contributed by atoms with van der Waals surface area (Å²) >= 11 is 0. The molecule has 0 aliphatic heterocycles. The summed E-state index contributed by atoms with van der Waals surface area (Å²) in [6, 6.07) is 10.8. The van der Waals surface area contributed by atoms with Crippen LogP contribution in [0.5, 0.6) is 0 Å². The van der Waals surface area contributed by atoms with E-state index in [1.807, 2.05) is 26.0 Å². The van der Waals surface area contributed by atoms with Crippen molar-refractivity contribution >= 4 is 11.9 Å². The molecule has 0 radical (unpaired) electrons. The van der Waals surface area contributed by atoms with E-state index in [0.29, 0.717) is 5.92 Å². The van der Waals surface area contributed by atoms with E-state index in [2.05, 4.69) is 36.3 Å². The summed E-state index contributed by atoms with van der Waals surface area (Å²) in [5.74, 6) is -0.644. The fourth-order valence-electron chi connectivity index (χ4n) is 2.73. The molecule has 1 aromatic carbocycles. The summed E-state index contributed by atoms with van der Waals surface area (Å²) < 4.78 is 4.97. The summed E-state index contributed by atoms with van der Waals surface area (Å²) in [6.07, 6.45) is 1.42. The molecule has 2 rings (SSSR count). The molecule has 1 amide bonds. The molecule has 1 aromatic heterocycles. The minimum Gasteiger partial charge on any atom is -0.452 e. The van der Waals surface area contributed by atoms with Gasteiger partial charge in [0.2, 0.25) is 0 Å². The Morgan fingerprint density at radius 2 is 1.67 bits per heavy atom. The number of H-pyrrole nitrogens is 1. The number of pyridine rings is 1. The van der Waals surface area contributed by atoms with Crippen LogP contribution < -0.4 is 10.9 Å². The molecule has 0 aliphatic rings. The highest BCUT2D eigenvalue weighted by molar-refractivity contribution is 5.90. The summed E-state index contributed by atoms with van der Waals surface area (Å²) in [4.78, 5) is 38.2. The fraction of sp³-hybridized carbons (Fsp3) is 0.381. The third kappa shape index (κ3) is 5.54. The Labute approximate surface area is 159 Å². The van der Waals surface area contributed by atoms with Crippen LogP contribution in [-0.2, 0) is 9.53 Å². The lowest BCUT2D eigenvalue weighted by atomic mass is 9.93. The fourth-order valence-corrected chi connectivity index (χ4v) is 2.73. The van der Waals surface area contributed by atoms with Gasteiger partial charge in [-0.15, -0.1) is 0 Å². The quantitative estimate of drug-likeness (QED) is 0.733. The van der Waals surface area contributed by atoms with Crippen LogP contribution in [0.15, 0.2) is 47.4 Å². The van der Waals surface area contributed by atoms with Gasteiger partial charge < -0.3 is 15.0 Å². The van der Waals surface area contributed by atoms with Gasteiger partial charge in [-0.25, -0.2) is 4.79 Å². The average molecular weight is 370 g/mol. The third-order valence-corrected chi connectivity index (χ3v) is 4.32. The Kier molecular flexibility index (Phi) is 6.93. The maximum Gasteiger partial charge on any atom is 0.344 e. The van der Waals surface area contributed by atoms with Gasteiger partial charge in [-0.3, -0.25) is 9.59 Å². The molecular weight excluding hydrogens is 344 g/mol. The molecule has 2 N–H and O–H groups in total. The van der Waals surface area contributed by atoms with Gasteiger partial charge in [-0.1, -0.05) is 52.0 Å². The molecule has 6 heteroatoms. The molecular formula is C21H26N2O4. The molecule has 2 aromatic rings. The SMILES string of the molecule is CC(C)c1ccc([C@@H](NC(=O)COC(=O)c2ccc[nH]c2=O)C(C)C)cc1. The van der Waals surface area contributed by atoms with Crippen LogP contribution in [0.1, 0.15) is 61.1 Å². The van der Waals surface area contributed by atoms with Crippen molar-refractivity contribution in [1.29, 1.82) is 0 Å². The van der Waals surface area contributed by atoms with Crippen LogP contribution in [0.2, 0.25) is 0 Å². The van der Waals surface area contributed by atoms with Crippen molar-refractivity contribution in [3.05, 3.63) is 69.6 Å². The molecule has 0 aliphatic carbocycles. The zero-order valence-electron chi connectivity index (χ0n) is 16.1. The second kappa shape index (κ2) is 9.16. The number of aromatic amines is 1. The lowest BCUT2D eigenvalue weighted by Crippen LogP contribution is -2.35. The zero-order chi connectivity index (χ0) is 20.0. The van der Waals surface area contributed by atoms with Gasteiger partial charge in [-0.05, 0) is 35.1 Å². The van der Waals surface area contributed by atoms with E-state index in [1.54, 1.807) is 0 Å². The first kappa shape index (κ1) is 20.4. The second-order valence-corrected chi connectivity index (χ2v) is 7.10. The Hall–Kier alpha value is -2.89. The Morgan fingerprint density at radius 3 is 2.22 bits per heavy atom. The van der Waals surface area contributed by atoms with Crippen LogP contribution in [0.3, 0.4) is 0 Å². The number of rotatable bonds is 7. The van der Waals surface area contributed by atoms with E-state index in [0.717, 1.165) is 5.56 Å². The molecule has 27 heavy (non-hydrogen) atoms.